The molecule has 1 unspecified atom stereocenters. The summed E-state index contributed by atoms with van der Waals surface area (Å²) in [5.41, 5.74) is 0. The molecule has 0 rings (SSSR count). The Morgan fingerprint density at radius 1 is 0.526 bits per heavy atom. The fourth-order valence-corrected chi connectivity index (χ4v) is 6.72. The van der Waals surface area contributed by atoms with Gasteiger partial charge in [-0.25, -0.2) is 4.57 Å². The van der Waals surface area contributed by atoms with Crippen molar-refractivity contribution < 1.29 is 47.8 Å². The molecule has 0 bridgehead atoms. The number of aliphatic hydroxyl groups excluding tert-OH is 2. The average molecular weight is 827 g/mol. The molecule has 332 valence electrons. The van der Waals surface area contributed by atoms with Crippen molar-refractivity contribution in [2.75, 3.05) is 26.4 Å². The summed E-state index contributed by atoms with van der Waals surface area (Å²) < 4.78 is 32.7. The normalized spacial score (nSPS) is 14.3. The molecule has 0 aromatic carbocycles. The van der Waals surface area contributed by atoms with Gasteiger partial charge in [-0.2, -0.15) is 0 Å². The highest BCUT2D eigenvalue weighted by molar-refractivity contribution is 7.47. The molecule has 0 amide bonds. The Morgan fingerprint density at radius 3 is 1.35 bits per heavy atom. The van der Waals surface area contributed by atoms with E-state index in [9.17, 15) is 24.2 Å². The van der Waals surface area contributed by atoms with Crippen LogP contribution in [0.3, 0.4) is 0 Å². The van der Waals surface area contributed by atoms with Crippen LogP contribution in [0.5, 0.6) is 0 Å². The molecular weight excluding hydrogens is 743 g/mol. The van der Waals surface area contributed by atoms with Crippen LogP contribution in [-0.4, -0.2) is 65.7 Å². The lowest BCUT2D eigenvalue weighted by atomic mass is 10.1. The van der Waals surface area contributed by atoms with Gasteiger partial charge in [0.2, 0.25) is 0 Å². The second-order valence-electron chi connectivity index (χ2n) is 15.1. The Morgan fingerprint density at radius 2 is 0.912 bits per heavy atom. The van der Waals surface area contributed by atoms with E-state index in [1.807, 2.05) is 0 Å². The zero-order valence-corrected chi connectivity index (χ0v) is 36.9. The van der Waals surface area contributed by atoms with Gasteiger partial charge >= 0.3 is 19.8 Å². The first-order valence-electron chi connectivity index (χ1n) is 22.6. The molecule has 0 aliphatic carbocycles. The van der Waals surface area contributed by atoms with Gasteiger partial charge in [0.15, 0.2) is 6.10 Å². The lowest BCUT2D eigenvalue weighted by Crippen LogP contribution is -2.29. The summed E-state index contributed by atoms with van der Waals surface area (Å²) >= 11 is 0. The summed E-state index contributed by atoms with van der Waals surface area (Å²) in [7, 11) is -4.62. The van der Waals surface area contributed by atoms with Gasteiger partial charge < -0.3 is 24.6 Å². The highest BCUT2D eigenvalue weighted by Gasteiger charge is 2.27. The van der Waals surface area contributed by atoms with E-state index in [2.05, 4.69) is 62.5 Å². The van der Waals surface area contributed by atoms with Gasteiger partial charge in [-0.05, 0) is 77.0 Å². The topological polar surface area (TPSA) is 149 Å². The number of hydrogen-bond acceptors (Lipinski definition) is 9. The first kappa shape index (κ1) is 54.9. The molecule has 11 heteroatoms. The zero-order chi connectivity index (χ0) is 41.9. The van der Waals surface area contributed by atoms with E-state index in [-0.39, 0.29) is 19.4 Å². The Bertz CT molecular complexity index is 1090. The average Bonchev–Trinajstić information content (AvgIpc) is 3.20. The third-order valence-electron chi connectivity index (χ3n) is 9.46. The predicted molar refractivity (Wildman–Crippen MR) is 233 cm³/mol. The molecule has 0 aliphatic heterocycles. The molecule has 0 aromatic rings. The smallest absolute Gasteiger partial charge is 0.462 e. The maximum absolute atomic E-state index is 12.6. The Labute approximate surface area is 347 Å². The van der Waals surface area contributed by atoms with Gasteiger partial charge in [-0.3, -0.25) is 18.6 Å². The number of allylic oxidation sites excluding steroid dienone is 8. The van der Waals surface area contributed by atoms with Crippen LogP contribution < -0.4 is 0 Å². The molecule has 57 heavy (non-hydrogen) atoms. The van der Waals surface area contributed by atoms with E-state index >= 15 is 0 Å². The molecule has 0 heterocycles. The first-order chi connectivity index (χ1) is 27.7. The van der Waals surface area contributed by atoms with E-state index in [0.29, 0.717) is 12.8 Å². The number of unbranched alkanes of at least 4 members (excludes halogenated alkanes) is 20. The van der Waals surface area contributed by atoms with Crippen molar-refractivity contribution in [3.63, 3.8) is 0 Å². The van der Waals surface area contributed by atoms with Crippen LogP contribution in [0.4, 0.5) is 0 Å². The van der Waals surface area contributed by atoms with Crippen LogP contribution in [0, 0.1) is 0 Å². The van der Waals surface area contributed by atoms with Gasteiger partial charge in [0.25, 0.3) is 0 Å². The van der Waals surface area contributed by atoms with Crippen LogP contribution in [-0.2, 0) is 32.7 Å². The number of rotatable bonds is 42. The molecule has 0 saturated carbocycles. The molecule has 0 aliphatic rings. The van der Waals surface area contributed by atoms with Crippen molar-refractivity contribution >= 4 is 19.8 Å². The molecule has 0 spiro atoms. The first-order valence-corrected chi connectivity index (χ1v) is 24.1. The predicted octanol–water partition coefficient (Wildman–Crippen LogP) is 12.1. The van der Waals surface area contributed by atoms with Gasteiger partial charge in [-0.15, -0.1) is 0 Å². The lowest BCUT2D eigenvalue weighted by molar-refractivity contribution is -0.161. The lowest BCUT2D eigenvalue weighted by Gasteiger charge is -2.20. The van der Waals surface area contributed by atoms with E-state index in [0.717, 1.165) is 77.0 Å². The molecular formula is C46H83O10P. The summed E-state index contributed by atoms with van der Waals surface area (Å²) in [6.07, 6.45) is 45.0. The largest absolute Gasteiger partial charge is 0.472 e. The summed E-state index contributed by atoms with van der Waals surface area (Å²) in [6, 6.07) is 0. The van der Waals surface area contributed by atoms with E-state index in [4.69, 9.17) is 23.6 Å². The number of carbonyl (C=O) groups is 2. The third-order valence-corrected chi connectivity index (χ3v) is 10.4. The number of carbonyl (C=O) groups excluding carboxylic acids is 2. The van der Waals surface area contributed by atoms with Crippen molar-refractivity contribution in [2.24, 2.45) is 0 Å². The van der Waals surface area contributed by atoms with Crippen LogP contribution in [0.1, 0.15) is 194 Å². The second kappa shape index (κ2) is 42.1. The second-order valence-corrected chi connectivity index (χ2v) is 16.5. The minimum atomic E-state index is -4.62. The summed E-state index contributed by atoms with van der Waals surface area (Å²) in [5.74, 6) is -0.945. The summed E-state index contributed by atoms with van der Waals surface area (Å²) in [5, 5.41) is 18.3. The number of phosphoric acid groups is 1. The number of esters is 2. The number of phosphoric ester groups is 1. The highest BCUT2D eigenvalue weighted by Crippen LogP contribution is 2.43. The Kier molecular flexibility index (Phi) is 40.5. The maximum Gasteiger partial charge on any atom is 0.472 e. The molecule has 0 fully saturated rings. The maximum atomic E-state index is 12.6. The van der Waals surface area contributed by atoms with E-state index in [1.54, 1.807) is 0 Å². The van der Waals surface area contributed by atoms with Gasteiger partial charge in [0, 0.05) is 12.8 Å². The molecule has 3 N–H and O–H groups in total. The minimum Gasteiger partial charge on any atom is -0.462 e. The SMILES string of the molecule is CCCCC/C=C/C/C=C/CCCCCCCCCCCC(=O)O[C@H](COC(=O)CCCCCCC/C=C/C/C=C/CCCCC)COP(=O)(O)OC[C@@H](O)CO. The third kappa shape index (κ3) is 41.9. The fraction of sp³-hybridized carbons (Fsp3) is 0.783. The monoisotopic (exact) mass is 827 g/mol. The number of hydrogen-bond donors (Lipinski definition) is 3. The van der Waals surface area contributed by atoms with Gasteiger partial charge in [0.05, 0.1) is 19.8 Å². The van der Waals surface area contributed by atoms with E-state index in [1.165, 1.54) is 77.0 Å². The fourth-order valence-electron chi connectivity index (χ4n) is 5.94. The standard InChI is InChI=1S/C46H83O10P/c1-3-5-7-9-11-13-15-17-19-20-21-22-24-26-28-30-32-34-36-38-46(50)56-44(42-55-57(51,52)54-40-43(48)39-47)41-53-45(49)37-35-33-31-29-27-25-23-18-16-14-12-10-8-6-4-2/h11-14,17-19,23,43-44,47-48H,3-10,15-16,20-22,24-42H2,1-2H3,(H,51,52)/b13-11+,14-12+,19-17+,23-18+/t43-,44+/m0/s1. The van der Waals surface area contributed by atoms with Gasteiger partial charge in [-0.1, -0.05) is 152 Å². The van der Waals surface area contributed by atoms with Crippen molar-refractivity contribution in [3.8, 4) is 0 Å². The Balaban J connectivity index is 4.29. The van der Waals surface area contributed by atoms with Crippen LogP contribution >= 0.6 is 7.82 Å². The number of ether oxygens (including phenoxy) is 2. The molecule has 0 radical (unpaired) electrons. The van der Waals surface area contributed by atoms with Crippen molar-refractivity contribution in [3.05, 3.63) is 48.6 Å². The highest BCUT2D eigenvalue weighted by atomic mass is 31.2. The molecule has 0 saturated heterocycles. The van der Waals surface area contributed by atoms with Crippen molar-refractivity contribution in [2.45, 2.75) is 206 Å². The molecule has 10 nitrogen and oxygen atoms in total. The summed E-state index contributed by atoms with van der Waals surface area (Å²) in [4.78, 5) is 35.0. The Hall–Kier alpha value is -2.07. The zero-order valence-electron chi connectivity index (χ0n) is 36.0. The molecule has 3 atom stereocenters. The van der Waals surface area contributed by atoms with Crippen LogP contribution in [0.2, 0.25) is 0 Å². The van der Waals surface area contributed by atoms with Crippen molar-refractivity contribution in [1.82, 2.24) is 0 Å². The quantitative estimate of drug-likeness (QED) is 0.0235. The van der Waals surface area contributed by atoms with E-state index < -0.39 is 51.8 Å². The van der Waals surface area contributed by atoms with Crippen molar-refractivity contribution in [1.29, 1.82) is 0 Å². The van der Waals surface area contributed by atoms with Crippen LogP contribution in [0.15, 0.2) is 48.6 Å². The molecule has 0 aromatic heterocycles. The minimum absolute atomic E-state index is 0.175. The number of aliphatic hydroxyl groups is 2. The van der Waals surface area contributed by atoms with Gasteiger partial charge in [0.1, 0.15) is 12.7 Å². The van der Waals surface area contributed by atoms with Crippen LogP contribution in [0.25, 0.3) is 0 Å². The summed E-state index contributed by atoms with van der Waals surface area (Å²) in [6.45, 7) is 2.31.